The van der Waals surface area contributed by atoms with Gasteiger partial charge in [-0.15, -0.1) is 0 Å². The van der Waals surface area contributed by atoms with E-state index in [1.54, 1.807) is 43.1 Å². The summed E-state index contributed by atoms with van der Waals surface area (Å²) in [4.78, 5) is 32.3. The van der Waals surface area contributed by atoms with Crippen molar-refractivity contribution in [1.29, 1.82) is 0 Å². The number of nitrogens with one attached hydrogen (secondary N) is 1. The van der Waals surface area contributed by atoms with E-state index in [4.69, 9.17) is 9.47 Å². The molecule has 8 heteroatoms. The molecule has 4 rings (SSSR count). The molecule has 0 saturated heterocycles. The molecule has 0 unspecified atom stereocenters. The Morgan fingerprint density at radius 2 is 1.58 bits per heavy atom. The molecular weight excluding hydrogens is 456 g/mol. The zero-order chi connectivity index (χ0) is 25.3. The van der Waals surface area contributed by atoms with Gasteiger partial charge in [-0.05, 0) is 36.4 Å². The van der Waals surface area contributed by atoms with Crippen LogP contribution in [-0.2, 0) is 9.53 Å². The molecule has 4 aromatic rings. The van der Waals surface area contributed by atoms with Crippen LogP contribution in [0.3, 0.4) is 0 Å². The molecule has 1 N–H and O–H groups in total. The number of benzene rings is 3. The third kappa shape index (κ3) is 5.97. The lowest BCUT2D eigenvalue weighted by Crippen LogP contribution is -2.40. The van der Waals surface area contributed by atoms with Crippen LogP contribution >= 0.6 is 0 Å². The second-order valence-electron chi connectivity index (χ2n) is 8.02. The maximum atomic E-state index is 13.1. The Bertz CT molecular complexity index is 1290. The lowest BCUT2D eigenvalue weighted by atomic mass is 10.2. The number of hydrogen-bond donors (Lipinski definition) is 1. The minimum atomic E-state index is -0.365. The molecule has 0 radical (unpaired) electrons. The van der Waals surface area contributed by atoms with Gasteiger partial charge >= 0.3 is 0 Å². The van der Waals surface area contributed by atoms with Crippen molar-refractivity contribution in [2.24, 2.45) is 0 Å². The number of rotatable bonds is 10. The molecule has 8 nitrogen and oxygen atoms in total. The Balaban J connectivity index is 1.60. The highest BCUT2D eigenvalue weighted by atomic mass is 16.5. The van der Waals surface area contributed by atoms with Gasteiger partial charge in [-0.2, -0.15) is 0 Å². The molecule has 0 bridgehead atoms. The van der Waals surface area contributed by atoms with Gasteiger partial charge in [-0.25, -0.2) is 4.98 Å². The van der Waals surface area contributed by atoms with E-state index in [0.717, 1.165) is 17.0 Å². The largest absolute Gasteiger partial charge is 0.497 e. The van der Waals surface area contributed by atoms with Crippen molar-refractivity contribution in [1.82, 2.24) is 14.5 Å². The van der Waals surface area contributed by atoms with E-state index < -0.39 is 0 Å². The Labute approximate surface area is 210 Å². The highest BCUT2D eigenvalue weighted by molar-refractivity contribution is 5.99. The van der Waals surface area contributed by atoms with Crippen LogP contribution in [0.15, 0.2) is 91.1 Å². The maximum Gasteiger partial charge on any atom is 0.254 e. The minimum absolute atomic E-state index is 0.146. The molecule has 0 fully saturated rings. The number of nitrogens with zero attached hydrogens (tertiary/aromatic N) is 3. The van der Waals surface area contributed by atoms with E-state index in [1.807, 2.05) is 66.9 Å². The van der Waals surface area contributed by atoms with Crippen LogP contribution < -0.4 is 10.1 Å². The number of imidazole rings is 1. The number of hydrogen-bond acceptors (Lipinski definition) is 5. The first kappa shape index (κ1) is 24.7. The molecule has 0 spiro atoms. The monoisotopic (exact) mass is 484 g/mol. The van der Waals surface area contributed by atoms with Gasteiger partial charge in [0.15, 0.2) is 0 Å². The summed E-state index contributed by atoms with van der Waals surface area (Å²) in [7, 11) is 3.17. The van der Waals surface area contributed by atoms with Gasteiger partial charge in [-0.1, -0.05) is 48.5 Å². The van der Waals surface area contributed by atoms with Crippen LogP contribution in [0, 0.1) is 0 Å². The summed E-state index contributed by atoms with van der Waals surface area (Å²) >= 11 is 0. The number of methoxy groups -OCH3 is 2. The van der Waals surface area contributed by atoms with Crippen molar-refractivity contribution in [3.05, 3.63) is 96.7 Å². The topological polar surface area (TPSA) is 85.7 Å². The Hall–Kier alpha value is -4.43. The number of ether oxygens (including phenoxy) is 2. The van der Waals surface area contributed by atoms with Crippen molar-refractivity contribution in [2.75, 3.05) is 39.2 Å². The lowest BCUT2D eigenvalue weighted by molar-refractivity contribution is -0.117. The first-order chi connectivity index (χ1) is 17.6. The summed E-state index contributed by atoms with van der Waals surface area (Å²) in [5, 5.41) is 2.89. The second kappa shape index (κ2) is 11.8. The Morgan fingerprint density at radius 3 is 2.22 bits per heavy atom. The fourth-order valence-corrected chi connectivity index (χ4v) is 3.71. The van der Waals surface area contributed by atoms with Gasteiger partial charge in [0.05, 0.1) is 19.4 Å². The van der Waals surface area contributed by atoms with Crippen molar-refractivity contribution in [3.8, 4) is 22.7 Å². The predicted molar refractivity (Wildman–Crippen MR) is 138 cm³/mol. The predicted octanol–water partition coefficient (Wildman–Crippen LogP) is 4.28. The zero-order valence-electron chi connectivity index (χ0n) is 20.3. The molecular formula is C28H28N4O4. The smallest absolute Gasteiger partial charge is 0.254 e. The number of carbonyl (C=O) groups is 2. The summed E-state index contributed by atoms with van der Waals surface area (Å²) in [6.07, 6.45) is 1.87. The molecule has 0 saturated carbocycles. The van der Waals surface area contributed by atoms with Crippen molar-refractivity contribution < 1.29 is 19.1 Å². The Morgan fingerprint density at radius 1 is 0.917 bits per heavy atom. The lowest BCUT2D eigenvalue weighted by Gasteiger charge is -2.22. The van der Waals surface area contributed by atoms with E-state index >= 15 is 0 Å². The van der Waals surface area contributed by atoms with Crippen LogP contribution in [0.2, 0.25) is 0 Å². The van der Waals surface area contributed by atoms with Crippen LogP contribution in [0.1, 0.15) is 10.4 Å². The molecule has 1 aromatic heterocycles. The van der Waals surface area contributed by atoms with Crippen LogP contribution in [-0.4, -0.2) is 60.2 Å². The average molecular weight is 485 g/mol. The first-order valence-electron chi connectivity index (χ1n) is 11.5. The summed E-state index contributed by atoms with van der Waals surface area (Å²) in [5.41, 5.74) is 2.93. The third-order valence-corrected chi connectivity index (χ3v) is 5.59. The molecule has 0 aliphatic rings. The number of aromatic nitrogens is 2. The molecule has 1 heterocycles. The van der Waals surface area contributed by atoms with Crippen molar-refractivity contribution in [3.63, 3.8) is 0 Å². The molecule has 36 heavy (non-hydrogen) atoms. The SMILES string of the molecule is COCCN(CC(=O)Nc1nc(-c2ccccc2)cn1-c1ccc(OC)cc1)C(=O)c1ccccc1. The summed E-state index contributed by atoms with van der Waals surface area (Å²) in [6, 6.07) is 26.0. The van der Waals surface area contributed by atoms with Crippen molar-refractivity contribution >= 4 is 17.8 Å². The summed E-state index contributed by atoms with van der Waals surface area (Å²) in [6.45, 7) is 0.442. The molecule has 0 aliphatic carbocycles. The molecule has 184 valence electrons. The maximum absolute atomic E-state index is 13.1. The van der Waals surface area contributed by atoms with E-state index in [2.05, 4.69) is 10.3 Å². The normalized spacial score (nSPS) is 10.6. The van der Waals surface area contributed by atoms with E-state index in [0.29, 0.717) is 23.8 Å². The fraction of sp³-hybridized carbons (Fsp3) is 0.179. The first-order valence-corrected chi connectivity index (χ1v) is 11.5. The van der Waals surface area contributed by atoms with Crippen LogP contribution in [0.4, 0.5) is 5.95 Å². The van der Waals surface area contributed by atoms with Crippen LogP contribution in [0.25, 0.3) is 16.9 Å². The van der Waals surface area contributed by atoms with Gasteiger partial charge in [0.2, 0.25) is 11.9 Å². The number of amides is 2. The third-order valence-electron chi connectivity index (χ3n) is 5.59. The summed E-state index contributed by atoms with van der Waals surface area (Å²) in [5.74, 6) is 0.463. The number of carbonyl (C=O) groups excluding carboxylic acids is 2. The minimum Gasteiger partial charge on any atom is -0.497 e. The van der Waals surface area contributed by atoms with Gasteiger partial charge in [-0.3, -0.25) is 19.5 Å². The highest BCUT2D eigenvalue weighted by Crippen LogP contribution is 2.25. The van der Waals surface area contributed by atoms with E-state index in [1.165, 1.54) is 4.90 Å². The van der Waals surface area contributed by atoms with Gasteiger partial charge in [0, 0.05) is 36.7 Å². The highest BCUT2D eigenvalue weighted by Gasteiger charge is 2.21. The summed E-state index contributed by atoms with van der Waals surface area (Å²) < 4.78 is 12.2. The zero-order valence-corrected chi connectivity index (χ0v) is 20.3. The van der Waals surface area contributed by atoms with Gasteiger partial charge in [0.1, 0.15) is 12.3 Å². The van der Waals surface area contributed by atoms with Gasteiger partial charge in [0.25, 0.3) is 5.91 Å². The van der Waals surface area contributed by atoms with Crippen LogP contribution in [0.5, 0.6) is 5.75 Å². The fourth-order valence-electron chi connectivity index (χ4n) is 3.71. The number of anilines is 1. The molecule has 0 atom stereocenters. The molecule has 0 aliphatic heterocycles. The van der Waals surface area contributed by atoms with E-state index in [-0.39, 0.29) is 24.9 Å². The van der Waals surface area contributed by atoms with E-state index in [9.17, 15) is 9.59 Å². The second-order valence-corrected chi connectivity index (χ2v) is 8.02. The molecule has 3 aromatic carbocycles. The quantitative estimate of drug-likeness (QED) is 0.363. The molecule has 2 amide bonds. The Kier molecular flexibility index (Phi) is 8.10. The van der Waals surface area contributed by atoms with Crippen molar-refractivity contribution in [2.45, 2.75) is 0 Å². The standard InChI is InChI=1S/C28H28N4O4/c1-35-18-17-31(27(34)22-11-7-4-8-12-22)20-26(33)30-28-29-25(21-9-5-3-6-10-21)19-32(28)23-13-15-24(36-2)16-14-23/h3-16,19H,17-18,20H2,1-2H3,(H,29,30,33). The average Bonchev–Trinajstić information content (AvgIpc) is 3.35. The van der Waals surface area contributed by atoms with Gasteiger partial charge < -0.3 is 14.4 Å².